The molecule has 0 saturated carbocycles. The van der Waals surface area contributed by atoms with Gasteiger partial charge in [0.1, 0.15) is 5.00 Å². The molecular formula is C23H24BrN3O4S3. The van der Waals surface area contributed by atoms with Crippen molar-refractivity contribution in [1.29, 1.82) is 0 Å². The first-order valence-corrected chi connectivity index (χ1v) is 14.3. The Balaban J connectivity index is 1.39. The molecule has 11 heteroatoms. The first-order chi connectivity index (χ1) is 16.3. The Morgan fingerprint density at radius 2 is 2.09 bits per heavy atom. The lowest BCUT2D eigenvalue weighted by molar-refractivity contribution is -0.115. The number of methoxy groups -OCH3 is 1. The molecule has 0 saturated heterocycles. The number of carbonyl (C=O) groups excluding carboxylic acids is 3. The highest BCUT2D eigenvalue weighted by Crippen LogP contribution is 2.40. The third-order valence-corrected chi connectivity index (χ3v) is 9.28. The number of thiophene rings is 1. The van der Waals surface area contributed by atoms with Crippen LogP contribution in [0.15, 0.2) is 27.7 Å². The quantitative estimate of drug-likeness (QED) is 0.423. The molecule has 1 aliphatic rings. The molecule has 2 heterocycles. The van der Waals surface area contributed by atoms with E-state index in [-0.39, 0.29) is 23.3 Å². The van der Waals surface area contributed by atoms with E-state index in [4.69, 9.17) is 4.74 Å². The summed E-state index contributed by atoms with van der Waals surface area (Å²) in [7, 11) is 3.23. The lowest BCUT2D eigenvalue weighted by atomic mass is 9.88. The van der Waals surface area contributed by atoms with Gasteiger partial charge in [0.25, 0.3) is 5.91 Å². The fourth-order valence-electron chi connectivity index (χ4n) is 3.90. The van der Waals surface area contributed by atoms with Gasteiger partial charge in [-0.2, -0.15) is 4.99 Å². The maximum Gasteiger partial charge on any atom is 0.341 e. The van der Waals surface area contributed by atoms with E-state index in [1.54, 1.807) is 0 Å². The van der Waals surface area contributed by atoms with Gasteiger partial charge in [0.15, 0.2) is 4.80 Å². The number of benzene rings is 1. The number of hydrogen-bond donors (Lipinski definition) is 1. The largest absolute Gasteiger partial charge is 0.465 e. The SMILES string of the molecule is COC(=O)c1c(NC(=O)CSCC(=O)N=c2sc3cc(Br)ccc3n2C)sc2c1CCC(C)C2. The van der Waals surface area contributed by atoms with E-state index in [0.29, 0.717) is 21.3 Å². The van der Waals surface area contributed by atoms with Crippen LogP contribution < -0.4 is 10.1 Å². The van der Waals surface area contributed by atoms with Crippen molar-refractivity contribution >= 4 is 83.4 Å². The second-order valence-electron chi connectivity index (χ2n) is 8.15. The fourth-order valence-corrected chi connectivity index (χ4v) is 7.51. The van der Waals surface area contributed by atoms with Gasteiger partial charge in [0.2, 0.25) is 5.91 Å². The molecule has 2 amide bonds. The topological polar surface area (TPSA) is 89.8 Å². The zero-order chi connectivity index (χ0) is 24.4. The average Bonchev–Trinajstić information content (AvgIpc) is 3.29. The van der Waals surface area contributed by atoms with E-state index in [2.05, 4.69) is 33.2 Å². The maximum atomic E-state index is 12.6. The Morgan fingerprint density at radius 3 is 2.85 bits per heavy atom. The maximum absolute atomic E-state index is 12.6. The summed E-state index contributed by atoms with van der Waals surface area (Å²) in [6.45, 7) is 2.19. The van der Waals surface area contributed by atoms with Crippen LogP contribution in [0.5, 0.6) is 0 Å². The number of halogens is 1. The van der Waals surface area contributed by atoms with Gasteiger partial charge in [0.05, 0.1) is 34.4 Å². The summed E-state index contributed by atoms with van der Waals surface area (Å²) in [5.41, 5.74) is 2.47. The number of fused-ring (bicyclic) bond motifs is 2. The number of rotatable bonds is 6. The molecule has 1 N–H and O–H groups in total. The molecule has 7 nitrogen and oxygen atoms in total. The Bertz CT molecular complexity index is 1340. The number of nitrogens with zero attached hydrogens (tertiary/aromatic N) is 2. The van der Waals surface area contributed by atoms with Crippen LogP contribution in [-0.4, -0.2) is 41.0 Å². The summed E-state index contributed by atoms with van der Waals surface area (Å²) in [5.74, 6) is -0.247. The summed E-state index contributed by atoms with van der Waals surface area (Å²) in [6.07, 6.45) is 2.72. The molecule has 2 aromatic heterocycles. The number of esters is 1. The minimum absolute atomic E-state index is 0.0896. The number of carbonyl (C=O) groups is 3. The van der Waals surface area contributed by atoms with Crippen LogP contribution in [0.1, 0.15) is 34.1 Å². The van der Waals surface area contributed by atoms with Crippen LogP contribution in [0, 0.1) is 5.92 Å². The number of hydrogen-bond acceptors (Lipinski definition) is 7. The van der Waals surface area contributed by atoms with Crippen molar-refractivity contribution in [3.8, 4) is 0 Å². The third-order valence-electron chi connectivity index (χ3n) is 5.60. The molecule has 1 atom stereocenters. The van der Waals surface area contributed by atoms with Crippen molar-refractivity contribution in [2.45, 2.75) is 26.2 Å². The molecule has 34 heavy (non-hydrogen) atoms. The summed E-state index contributed by atoms with van der Waals surface area (Å²) in [4.78, 5) is 43.3. The molecule has 4 rings (SSSR count). The molecule has 1 aliphatic carbocycles. The summed E-state index contributed by atoms with van der Waals surface area (Å²) in [5, 5.41) is 3.40. The minimum atomic E-state index is -0.424. The van der Waals surface area contributed by atoms with Crippen LogP contribution in [0.2, 0.25) is 0 Å². The normalized spacial score (nSPS) is 15.9. The number of amides is 2. The van der Waals surface area contributed by atoms with Crippen molar-refractivity contribution in [2.75, 3.05) is 23.9 Å². The smallest absolute Gasteiger partial charge is 0.341 e. The molecule has 180 valence electrons. The van der Waals surface area contributed by atoms with Gasteiger partial charge in [0, 0.05) is 16.4 Å². The standard InChI is InChI=1S/C23H24BrN3O4S3/c1-12-4-6-14-16(8-12)33-21(20(14)22(30)31-3)25-18(28)10-32-11-19(29)26-23-27(2)15-7-5-13(24)9-17(15)34-23/h5,7,9,12H,4,6,8,10-11H2,1-3H3,(H,25,28). The molecule has 1 unspecified atom stereocenters. The molecule has 0 aliphatic heterocycles. The molecule has 3 aromatic rings. The van der Waals surface area contributed by atoms with Gasteiger partial charge in [-0.1, -0.05) is 34.2 Å². The van der Waals surface area contributed by atoms with Crippen molar-refractivity contribution in [1.82, 2.24) is 4.57 Å². The number of nitrogens with one attached hydrogen (secondary N) is 1. The van der Waals surface area contributed by atoms with Crippen LogP contribution in [0.4, 0.5) is 5.00 Å². The number of thioether (sulfide) groups is 1. The van der Waals surface area contributed by atoms with E-state index in [1.165, 1.54) is 41.5 Å². The minimum Gasteiger partial charge on any atom is -0.465 e. The second kappa shape index (κ2) is 10.8. The van der Waals surface area contributed by atoms with Gasteiger partial charge in [-0.05, 0) is 48.9 Å². The number of thiazole rings is 1. The van der Waals surface area contributed by atoms with Gasteiger partial charge in [-0.25, -0.2) is 4.79 Å². The highest BCUT2D eigenvalue weighted by atomic mass is 79.9. The summed E-state index contributed by atoms with van der Waals surface area (Å²) < 4.78 is 8.85. The van der Waals surface area contributed by atoms with Crippen molar-refractivity contribution in [3.05, 3.63) is 43.5 Å². The Kier molecular flexibility index (Phi) is 7.96. The van der Waals surface area contributed by atoms with Gasteiger partial charge in [-0.3, -0.25) is 9.59 Å². The van der Waals surface area contributed by atoms with Crippen molar-refractivity contribution in [3.63, 3.8) is 0 Å². The zero-order valence-electron chi connectivity index (χ0n) is 19.0. The average molecular weight is 583 g/mol. The first kappa shape index (κ1) is 25.2. The predicted octanol–water partition coefficient (Wildman–Crippen LogP) is 4.77. The lowest BCUT2D eigenvalue weighted by Crippen LogP contribution is -2.18. The van der Waals surface area contributed by atoms with Gasteiger partial charge >= 0.3 is 5.97 Å². The van der Waals surface area contributed by atoms with Crippen molar-refractivity contribution in [2.24, 2.45) is 18.0 Å². The molecule has 1 aromatic carbocycles. The summed E-state index contributed by atoms with van der Waals surface area (Å²) in [6, 6.07) is 5.92. The monoisotopic (exact) mass is 581 g/mol. The summed E-state index contributed by atoms with van der Waals surface area (Å²) >= 11 is 7.55. The third kappa shape index (κ3) is 5.48. The Hall–Kier alpha value is -1.95. The van der Waals surface area contributed by atoms with Crippen LogP contribution in [0.25, 0.3) is 10.2 Å². The highest BCUT2D eigenvalue weighted by Gasteiger charge is 2.28. The Morgan fingerprint density at radius 1 is 1.29 bits per heavy atom. The first-order valence-electron chi connectivity index (χ1n) is 10.7. The Labute approximate surface area is 217 Å². The van der Waals surface area contributed by atoms with E-state index in [1.807, 2.05) is 29.8 Å². The molecular weight excluding hydrogens is 558 g/mol. The number of anilines is 1. The second-order valence-corrected chi connectivity index (χ2v) is 12.2. The highest BCUT2D eigenvalue weighted by molar-refractivity contribution is 9.10. The number of ether oxygens (including phenoxy) is 1. The molecule has 0 radical (unpaired) electrons. The molecule has 0 bridgehead atoms. The molecule has 0 spiro atoms. The van der Waals surface area contributed by atoms with Crippen molar-refractivity contribution < 1.29 is 19.1 Å². The van der Waals surface area contributed by atoms with Gasteiger partial charge < -0.3 is 14.6 Å². The predicted molar refractivity (Wildman–Crippen MR) is 142 cm³/mol. The van der Waals surface area contributed by atoms with Crippen LogP contribution >= 0.6 is 50.4 Å². The van der Waals surface area contributed by atoms with E-state index < -0.39 is 5.97 Å². The lowest BCUT2D eigenvalue weighted by Gasteiger charge is -2.18. The number of aryl methyl sites for hydroxylation is 1. The van der Waals surface area contributed by atoms with Gasteiger partial charge in [-0.15, -0.1) is 23.1 Å². The molecule has 0 fully saturated rings. The van der Waals surface area contributed by atoms with E-state index >= 15 is 0 Å². The van der Waals surface area contributed by atoms with E-state index in [9.17, 15) is 14.4 Å². The van der Waals surface area contributed by atoms with E-state index in [0.717, 1.165) is 44.4 Å². The van der Waals surface area contributed by atoms with Crippen LogP contribution in [0.3, 0.4) is 0 Å². The fraction of sp³-hybridized carbons (Fsp3) is 0.391. The van der Waals surface area contributed by atoms with Crippen LogP contribution in [-0.2, 0) is 34.2 Å². The number of aromatic nitrogens is 1. The zero-order valence-corrected chi connectivity index (χ0v) is 23.0.